The Kier molecular flexibility index (Phi) is 7.46. The van der Waals surface area contributed by atoms with Gasteiger partial charge >= 0.3 is 0 Å². The summed E-state index contributed by atoms with van der Waals surface area (Å²) in [4.78, 5) is 0. The van der Waals surface area contributed by atoms with E-state index in [4.69, 9.17) is 5.41 Å². The second kappa shape index (κ2) is 8.58. The van der Waals surface area contributed by atoms with E-state index >= 15 is 0 Å². The van der Waals surface area contributed by atoms with Crippen LogP contribution in [-0.4, -0.2) is 28.1 Å². The first kappa shape index (κ1) is 17.4. The van der Waals surface area contributed by atoms with Gasteiger partial charge in [-0.3, -0.25) is 0 Å². The SMILES string of the molecule is C=C(CC)CCC(CCC)C(=N)C1CCCC(O)C1O. The molecule has 1 fully saturated rings. The Balaban J connectivity index is 2.64. The number of hydrogen-bond donors (Lipinski definition) is 3. The molecule has 0 bridgehead atoms. The molecule has 3 nitrogen and oxygen atoms in total. The lowest BCUT2D eigenvalue weighted by Gasteiger charge is -2.35. The largest absolute Gasteiger partial charge is 0.390 e. The third-order valence-corrected chi connectivity index (χ3v) is 4.64. The van der Waals surface area contributed by atoms with Gasteiger partial charge in [-0.05, 0) is 44.4 Å². The second-order valence-electron chi connectivity index (χ2n) is 6.18. The van der Waals surface area contributed by atoms with Crippen molar-refractivity contribution >= 4 is 5.71 Å². The molecule has 4 atom stereocenters. The van der Waals surface area contributed by atoms with E-state index in [1.807, 2.05) is 0 Å². The smallest absolute Gasteiger partial charge is 0.0879 e. The molecule has 0 saturated heterocycles. The molecule has 1 aliphatic carbocycles. The van der Waals surface area contributed by atoms with Crippen LogP contribution < -0.4 is 0 Å². The van der Waals surface area contributed by atoms with Gasteiger partial charge in [0.1, 0.15) is 0 Å². The standard InChI is InChI=1S/C17H31NO2/c1-4-7-13(11-10-12(3)5-2)16(18)14-8-6-9-15(19)17(14)20/h13-15,17-20H,3-11H2,1-2H3. The molecule has 4 unspecified atom stereocenters. The van der Waals surface area contributed by atoms with Crippen LogP contribution in [0.1, 0.15) is 65.2 Å². The van der Waals surface area contributed by atoms with Gasteiger partial charge in [-0.1, -0.05) is 38.8 Å². The number of hydrogen-bond acceptors (Lipinski definition) is 3. The molecule has 1 aliphatic rings. The molecule has 0 aromatic rings. The Morgan fingerprint density at radius 2 is 1.95 bits per heavy atom. The van der Waals surface area contributed by atoms with Crippen molar-refractivity contribution < 1.29 is 10.2 Å². The van der Waals surface area contributed by atoms with E-state index < -0.39 is 12.2 Å². The molecule has 1 rings (SSSR count). The summed E-state index contributed by atoms with van der Waals surface area (Å²) in [6, 6.07) is 0. The van der Waals surface area contributed by atoms with Crippen LogP contribution in [0.3, 0.4) is 0 Å². The second-order valence-corrected chi connectivity index (χ2v) is 6.18. The Bertz CT molecular complexity index is 327. The number of allylic oxidation sites excluding steroid dienone is 1. The summed E-state index contributed by atoms with van der Waals surface area (Å²) in [6.07, 6.45) is 5.98. The van der Waals surface area contributed by atoms with Crippen LogP contribution in [0.15, 0.2) is 12.2 Å². The topological polar surface area (TPSA) is 64.3 Å². The van der Waals surface area contributed by atoms with E-state index in [1.165, 1.54) is 5.57 Å². The maximum absolute atomic E-state index is 10.1. The van der Waals surface area contributed by atoms with Gasteiger partial charge in [0, 0.05) is 11.6 Å². The van der Waals surface area contributed by atoms with Crippen LogP contribution in [0.4, 0.5) is 0 Å². The summed E-state index contributed by atoms with van der Waals surface area (Å²) in [5.41, 5.74) is 1.89. The molecule has 0 spiro atoms. The van der Waals surface area contributed by atoms with Crippen LogP contribution in [0.25, 0.3) is 0 Å². The summed E-state index contributed by atoms with van der Waals surface area (Å²) in [5, 5.41) is 28.4. The van der Waals surface area contributed by atoms with E-state index in [0.29, 0.717) is 12.1 Å². The third-order valence-electron chi connectivity index (χ3n) is 4.64. The molecule has 0 amide bonds. The van der Waals surface area contributed by atoms with E-state index in [0.717, 1.165) is 44.9 Å². The normalized spacial score (nSPS) is 28.1. The van der Waals surface area contributed by atoms with Crippen molar-refractivity contribution in [3.8, 4) is 0 Å². The van der Waals surface area contributed by atoms with Gasteiger partial charge < -0.3 is 15.6 Å². The Hall–Kier alpha value is -0.670. The van der Waals surface area contributed by atoms with Crippen molar-refractivity contribution in [2.45, 2.75) is 77.4 Å². The predicted molar refractivity (Wildman–Crippen MR) is 84.1 cm³/mol. The van der Waals surface area contributed by atoms with Gasteiger partial charge in [-0.15, -0.1) is 0 Å². The van der Waals surface area contributed by atoms with Crippen molar-refractivity contribution in [2.24, 2.45) is 11.8 Å². The molecule has 0 aromatic carbocycles. The van der Waals surface area contributed by atoms with E-state index in [-0.39, 0.29) is 11.8 Å². The molecule has 3 N–H and O–H groups in total. The minimum Gasteiger partial charge on any atom is -0.390 e. The maximum Gasteiger partial charge on any atom is 0.0879 e. The maximum atomic E-state index is 10.1. The number of nitrogens with one attached hydrogen (secondary N) is 1. The fraction of sp³-hybridized carbons (Fsp3) is 0.824. The first-order chi connectivity index (χ1) is 9.51. The Morgan fingerprint density at radius 3 is 2.55 bits per heavy atom. The van der Waals surface area contributed by atoms with E-state index in [9.17, 15) is 10.2 Å². The molecule has 0 heterocycles. The van der Waals surface area contributed by atoms with Crippen molar-refractivity contribution in [1.82, 2.24) is 0 Å². The summed E-state index contributed by atoms with van der Waals surface area (Å²) < 4.78 is 0. The van der Waals surface area contributed by atoms with Gasteiger partial charge in [-0.2, -0.15) is 0 Å². The zero-order valence-electron chi connectivity index (χ0n) is 13.1. The van der Waals surface area contributed by atoms with Gasteiger partial charge in [0.05, 0.1) is 12.2 Å². The summed E-state index contributed by atoms with van der Waals surface area (Å²) in [5.74, 6) is 0.0819. The van der Waals surface area contributed by atoms with Gasteiger partial charge in [0.2, 0.25) is 0 Å². The predicted octanol–water partition coefficient (Wildman–Crippen LogP) is 3.69. The van der Waals surface area contributed by atoms with Crippen molar-refractivity contribution in [1.29, 1.82) is 5.41 Å². The molecule has 1 saturated carbocycles. The zero-order chi connectivity index (χ0) is 15.1. The lowest BCUT2D eigenvalue weighted by Crippen LogP contribution is -2.43. The minimum absolute atomic E-state index is 0.148. The van der Waals surface area contributed by atoms with E-state index in [2.05, 4.69) is 20.4 Å². The molecule has 20 heavy (non-hydrogen) atoms. The Morgan fingerprint density at radius 1 is 1.25 bits per heavy atom. The van der Waals surface area contributed by atoms with E-state index in [1.54, 1.807) is 0 Å². The summed E-state index contributed by atoms with van der Waals surface area (Å²) in [6.45, 7) is 8.30. The monoisotopic (exact) mass is 281 g/mol. The van der Waals surface area contributed by atoms with Crippen LogP contribution in [0.5, 0.6) is 0 Å². The highest BCUT2D eigenvalue weighted by Gasteiger charge is 2.35. The molecule has 116 valence electrons. The molecular weight excluding hydrogens is 250 g/mol. The highest BCUT2D eigenvalue weighted by molar-refractivity contribution is 5.86. The number of rotatable bonds is 8. The highest BCUT2D eigenvalue weighted by Crippen LogP contribution is 2.31. The van der Waals surface area contributed by atoms with Gasteiger partial charge in [-0.25, -0.2) is 0 Å². The third kappa shape index (κ3) is 4.71. The summed E-state index contributed by atoms with van der Waals surface area (Å²) in [7, 11) is 0. The van der Waals surface area contributed by atoms with Crippen LogP contribution in [0, 0.1) is 17.2 Å². The van der Waals surface area contributed by atoms with Crippen LogP contribution in [-0.2, 0) is 0 Å². The lowest BCUT2D eigenvalue weighted by molar-refractivity contribution is -0.0276. The Labute approximate surface area is 123 Å². The quantitative estimate of drug-likeness (QED) is 0.469. The van der Waals surface area contributed by atoms with Gasteiger partial charge in [0.15, 0.2) is 0 Å². The fourth-order valence-corrected chi connectivity index (χ4v) is 3.16. The van der Waals surface area contributed by atoms with Crippen LogP contribution >= 0.6 is 0 Å². The van der Waals surface area contributed by atoms with Crippen molar-refractivity contribution in [3.63, 3.8) is 0 Å². The first-order valence-electron chi connectivity index (χ1n) is 8.12. The van der Waals surface area contributed by atoms with Crippen molar-refractivity contribution in [3.05, 3.63) is 12.2 Å². The fourth-order valence-electron chi connectivity index (χ4n) is 3.16. The number of aliphatic hydroxyl groups is 2. The summed E-state index contributed by atoms with van der Waals surface area (Å²) >= 11 is 0. The zero-order valence-corrected chi connectivity index (χ0v) is 13.1. The molecule has 0 radical (unpaired) electrons. The molecule has 0 aliphatic heterocycles. The first-order valence-corrected chi connectivity index (χ1v) is 8.12. The minimum atomic E-state index is -0.745. The van der Waals surface area contributed by atoms with Crippen LogP contribution in [0.2, 0.25) is 0 Å². The van der Waals surface area contributed by atoms with Crippen molar-refractivity contribution in [2.75, 3.05) is 0 Å². The molecule has 3 heteroatoms. The average Bonchev–Trinajstić information content (AvgIpc) is 2.45. The molecular formula is C17H31NO2. The molecule has 0 aromatic heterocycles. The number of aliphatic hydroxyl groups excluding tert-OH is 2. The average molecular weight is 281 g/mol. The lowest BCUT2D eigenvalue weighted by atomic mass is 9.75. The van der Waals surface area contributed by atoms with Gasteiger partial charge in [0.25, 0.3) is 0 Å². The highest BCUT2D eigenvalue weighted by atomic mass is 16.3.